The van der Waals surface area contributed by atoms with Crippen LogP contribution in [0.5, 0.6) is 0 Å². The van der Waals surface area contributed by atoms with E-state index in [2.05, 4.69) is 22.3 Å². The van der Waals surface area contributed by atoms with Gasteiger partial charge in [0.2, 0.25) is 0 Å². The highest BCUT2D eigenvalue weighted by Crippen LogP contribution is 2.53. The maximum absolute atomic E-state index is 12.5. The highest BCUT2D eigenvalue weighted by molar-refractivity contribution is 7.99. The Morgan fingerprint density at radius 1 is 1.05 bits per heavy atom. The second-order valence-corrected chi connectivity index (χ2v) is 11.3. The molecule has 2 fully saturated rings. The average Bonchev–Trinajstić information content (AvgIpc) is 3.15. The third-order valence-corrected chi connectivity index (χ3v) is 8.79. The van der Waals surface area contributed by atoms with Crippen molar-refractivity contribution in [1.82, 2.24) is 4.90 Å². The van der Waals surface area contributed by atoms with Crippen LogP contribution in [-0.2, 0) is 4.79 Å². The number of anilines is 1. The average molecular weight is 538 g/mol. The van der Waals surface area contributed by atoms with Gasteiger partial charge in [-0.05, 0) is 66.3 Å². The minimum atomic E-state index is -0.713. The van der Waals surface area contributed by atoms with Gasteiger partial charge in [0.1, 0.15) is 0 Å². The number of carboxylic acid groups (broad SMARTS) is 1. The Bertz CT molecular complexity index is 1270. The maximum Gasteiger partial charge on any atom is 0.307 e. The van der Waals surface area contributed by atoms with Crippen LogP contribution in [0.1, 0.15) is 17.9 Å². The van der Waals surface area contributed by atoms with Crippen LogP contribution >= 0.6 is 23.4 Å². The second-order valence-electron chi connectivity index (χ2n) is 9.73. The van der Waals surface area contributed by atoms with Crippen molar-refractivity contribution in [3.8, 4) is 0 Å². The molecule has 1 heterocycles. The van der Waals surface area contributed by atoms with E-state index >= 15 is 0 Å². The third kappa shape index (κ3) is 5.76. The van der Waals surface area contributed by atoms with E-state index in [1.165, 1.54) is 12.1 Å². The fraction of sp³-hybridized carbons (Fsp3) is 0.321. The summed E-state index contributed by atoms with van der Waals surface area (Å²) >= 11 is 7.71. The van der Waals surface area contributed by atoms with Gasteiger partial charge in [-0.15, -0.1) is 0 Å². The zero-order valence-corrected chi connectivity index (χ0v) is 21.7. The minimum Gasteiger partial charge on any atom is -0.481 e. The van der Waals surface area contributed by atoms with Gasteiger partial charge in [0.05, 0.1) is 10.8 Å². The molecule has 0 radical (unpaired) electrons. The van der Waals surface area contributed by atoms with E-state index in [0.29, 0.717) is 11.6 Å². The molecule has 7 nitrogen and oxygen atoms in total. The standard InChI is InChI=1S/C28H28ClN3O4S/c29-20-5-11-23(12-6-20)37-25-4-2-1-3-24(25)26-18-15-19(27(26)28(33)34)17-31(16-18)14-13-30-21-7-9-22(10-8-21)32(35)36/h1-12,18-19,26-27,30H,13-17H2,(H,33,34)/t18-,19+,26+,27-/m1/s1. The first-order valence-electron chi connectivity index (χ1n) is 12.3. The Morgan fingerprint density at radius 2 is 1.76 bits per heavy atom. The summed E-state index contributed by atoms with van der Waals surface area (Å²) in [7, 11) is 0. The van der Waals surface area contributed by atoms with Crippen molar-refractivity contribution in [1.29, 1.82) is 0 Å². The summed E-state index contributed by atoms with van der Waals surface area (Å²) in [6.07, 6.45) is 0.924. The number of nitro benzene ring substituents is 1. The molecule has 0 spiro atoms. The molecular weight excluding hydrogens is 510 g/mol. The van der Waals surface area contributed by atoms with Gasteiger partial charge < -0.3 is 15.3 Å². The Balaban J connectivity index is 1.29. The molecule has 2 bridgehead atoms. The predicted octanol–water partition coefficient (Wildman–Crippen LogP) is 6.25. The lowest BCUT2D eigenvalue weighted by atomic mass is 9.82. The fourth-order valence-electron chi connectivity index (χ4n) is 5.91. The maximum atomic E-state index is 12.5. The number of hydrogen-bond acceptors (Lipinski definition) is 6. The number of nitrogens with one attached hydrogen (secondary N) is 1. The van der Waals surface area contributed by atoms with Gasteiger partial charge in [0, 0.05) is 64.7 Å². The topological polar surface area (TPSA) is 95.7 Å². The smallest absolute Gasteiger partial charge is 0.307 e. The first-order valence-corrected chi connectivity index (χ1v) is 13.5. The number of nitro groups is 1. The number of nitrogens with zero attached hydrogens (tertiary/aromatic N) is 2. The van der Waals surface area contributed by atoms with Gasteiger partial charge in [0.15, 0.2) is 0 Å². The number of halogens is 1. The first-order chi connectivity index (χ1) is 17.9. The van der Waals surface area contributed by atoms with E-state index in [0.717, 1.165) is 47.1 Å². The van der Waals surface area contributed by atoms with E-state index < -0.39 is 16.8 Å². The Hall–Kier alpha value is -3.07. The van der Waals surface area contributed by atoms with Crippen molar-refractivity contribution in [3.63, 3.8) is 0 Å². The summed E-state index contributed by atoms with van der Waals surface area (Å²) in [6, 6.07) is 22.3. The van der Waals surface area contributed by atoms with Gasteiger partial charge in [-0.1, -0.05) is 41.6 Å². The lowest BCUT2D eigenvalue weighted by Gasteiger charge is -2.33. The number of non-ortho nitro benzene ring substituents is 1. The first kappa shape index (κ1) is 25.6. The molecule has 3 aromatic rings. The van der Waals surface area contributed by atoms with Crippen LogP contribution in [0.4, 0.5) is 11.4 Å². The summed E-state index contributed by atoms with van der Waals surface area (Å²) in [5, 5.41) is 25.2. The zero-order chi connectivity index (χ0) is 25.9. The van der Waals surface area contributed by atoms with Crippen molar-refractivity contribution in [2.45, 2.75) is 22.1 Å². The van der Waals surface area contributed by atoms with Gasteiger partial charge in [-0.2, -0.15) is 0 Å². The van der Waals surface area contributed by atoms with Crippen molar-refractivity contribution >= 4 is 40.7 Å². The van der Waals surface area contributed by atoms with Crippen molar-refractivity contribution < 1.29 is 14.8 Å². The molecular formula is C28H28ClN3O4S. The molecule has 0 aromatic heterocycles. The van der Waals surface area contributed by atoms with Crippen LogP contribution in [0.25, 0.3) is 0 Å². The van der Waals surface area contributed by atoms with Crippen LogP contribution in [-0.4, -0.2) is 47.1 Å². The van der Waals surface area contributed by atoms with E-state index in [1.54, 1.807) is 23.9 Å². The van der Waals surface area contributed by atoms with E-state index in [4.69, 9.17) is 11.6 Å². The summed E-state index contributed by atoms with van der Waals surface area (Å²) in [5.74, 6) is -0.786. The summed E-state index contributed by atoms with van der Waals surface area (Å²) in [5.41, 5.74) is 2.02. The lowest BCUT2D eigenvalue weighted by molar-refractivity contribution is -0.384. The van der Waals surface area contributed by atoms with E-state index in [9.17, 15) is 20.0 Å². The molecule has 4 atom stereocenters. The minimum absolute atomic E-state index is 0.0360. The van der Waals surface area contributed by atoms with Gasteiger partial charge >= 0.3 is 5.97 Å². The highest BCUT2D eigenvalue weighted by Gasteiger charge is 2.51. The Morgan fingerprint density at radius 3 is 2.46 bits per heavy atom. The summed E-state index contributed by atoms with van der Waals surface area (Å²) in [4.78, 5) is 27.5. The molecule has 0 unspecified atom stereocenters. The van der Waals surface area contributed by atoms with Crippen LogP contribution in [0, 0.1) is 27.9 Å². The molecule has 5 rings (SSSR count). The van der Waals surface area contributed by atoms with Crippen molar-refractivity contribution in [3.05, 3.63) is 93.5 Å². The van der Waals surface area contributed by atoms with Crippen LogP contribution < -0.4 is 5.32 Å². The zero-order valence-electron chi connectivity index (χ0n) is 20.1. The Labute approximate surface area is 225 Å². The van der Waals surface area contributed by atoms with Gasteiger partial charge in [0.25, 0.3) is 5.69 Å². The van der Waals surface area contributed by atoms with Crippen molar-refractivity contribution in [2.24, 2.45) is 17.8 Å². The van der Waals surface area contributed by atoms with E-state index in [-0.39, 0.29) is 23.4 Å². The van der Waals surface area contributed by atoms with Gasteiger partial charge in [-0.25, -0.2) is 0 Å². The summed E-state index contributed by atoms with van der Waals surface area (Å²) in [6.45, 7) is 3.08. The predicted molar refractivity (Wildman–Crippen MR) is 146 cm³/mol. The summed E-state index contributed by atoms with van der Waals surface area (Å²) < 4.78 is 0. The monoisotopic (exact) mass is 537 g/mol. The Kier molecular flexibility index (Phi) is 7.69. The molecule has 0 amide bonds. The quantitative estimate of drug-likeness (QED) is 0.246. The molecule has 3 aromatic carbocycles. The van der Waals surface area contributed by atoms with E-state index in [1.807, 2.05) is 36.4 Å². The molecule has 37 heavy (non-hydrogen) atoms. The largest absolute Gasteiger partial charge is 0.481 e. The number of carbonyl (C=O) groups is 1. The molecule has 9 heteroatoms. The SMILES string of the molecule is O=C(O)[C@@H]1[C@H]2C[C@H](CN(CCNc3ccc([N+](=O)[O-])cc3)C2)[C@H]1c1ccccc1Sc1ccc(Cl)cc1. The van der Waals surface area contributed by atoms with Crippen LogP contribution in [0.15, 0.2) is 82.6 Å². The van der Waals surface area contributed by atoms with Crippen LogP contribution in [0.3, 0.4) is 0 Å². The molecule has 1 aliphatic carbocycles. The number of likely N-dealkylation sites (tertiary alicyclic amines) is 1. The number of fused-ring (bicyclic) bond motifs is 2. The molecule has 2 aliphatic rings. The van der Waals surface area contributed by atoms with Crippen molar-refractivity contribution in [2.75, 3.05) is 31.5 Å². The number of aliphatic carboxylic acids is 1. The number of carboxylic acids is 1. The highest BCUT2D eigenvalue weighted by atomic mass is 35.5. The van der Waals surface area contributed by atoms with Gasteiger partial charge in [-0.3, -0.25) is 14.9 Å². The normalized spacial score (nSPS) is 23.1. The second kappa shape index (κ2) is 11.1. The molecule has 1 saturated heterocycles. The third-order valence-electron chi connectivity index (χ3n) is 7.43. The number of rotatable bonds is 9. The number of hydrogen-bond donors (Lipinski definition) is 2. The lowest BCUT2D eigenvalue weighted by Crippen LogP contribution is -2.40. The molecule has 1 aliphatic heterocycles. The molecule has 1 saturated carbocycles. The number of piperidine rings is 1. The number of benzene rings is 3. The van der Waals surface area contributed by atoms with Crippen LogP contribution in [0.2, 0.25) is 5.02 Å². The fourth-order valence-corrected chi connectivity index (χ4v) is 7.03. The molecule has 2 N–H and O–H groups in total. The molecule has 192 valence electrons.